The van der Waals surface area contributed by atoms with Crippen LogP contribution >= 0.6 is 0 Å². The molecule has 8 nitrogen and oxygen atoms in total. The predicted octanol–water partition coefficient (Wildman–Crippen LogP) is 3.18. The van der Waals surface area contributed by atoms with E-state index in [1.807, 2.05) is 36.5 Å². The molecule has 2 aromatic carbocycles. The summed E-state index contributed by atoms with van der Waals surface area (Å²) in [4.78, 5) is 22.7. The molecule has 0 atom stereocenters. The van der Waals surface area contributed by atoms with Gasteiger partial charge in [-0.05, 0) is 29.8 Å². The van der Waals surface area contributed by atoms with Crippen molar-refractivity contribution in [1.82, 2.24) is 9.78 Å². The van der Waals surface area contributed by atoms with Gasteiger partial charge in [0.25, 0.3) is 5.69 Å². The number of ether oxygens (including phenoxy) is 1. The lowest BCUT2D eigenvalue weighted by molar-refractivity contribution is -0.384. The molecule has 132 valence electrons. The highest BCUT2D eigenvalue weighted by atomic mass is 16.6. The predicted molar refractivity (Wildman–Crippen MR) is 95.3 cm³/mol. The van der Waals surface area contributed by atoms with Crippen LogP contribution in [0.3, 0.4) is 0 Å². The quantitative estimate of drug-likeness (QED) is 0.415. The Morgan fingerprint density at radius 1 is 1.27 bits per heavy atom. The van der Waals surface area contributed by atoms with E-state index >= 15 is 0 Å². The molecule has 1 heterocycles. The number of carbonyl (C=O) groups excluding carboxylic acids is 1. The molecule has 0 bridgehead atoms. The third-order valence-corrected chi connectivity index (χ3v) is 3.78. The van der Waals surface area contributed by atoms with Crippen molar-refractivity contribution >= 4 is 17.3 Å². The Balaban J connectivity index is 1.70. The summed E-state index contributed by atoms with van der Waals surface area (Å²) in [5, 5.41) is 17.9. The summed E-state index contributed by atoms with van der Waals surface area (Å²) in [6.45, 7) is 0.0596. The molecule has 0 saturated heterocycles. The fourth-order valence-corrected chi connectivity index (χ4v) is 2.43. The molecule has 1 N–H and O–H groups in total. The van der Waals surface area contributed by atoms with Crippen LogP contribution in [0.25, 0.3) is 5.69 Å². The second-order valence-corrected chi connectivity index (χ2v) is 5.43. The monoisotopic (exact) mass is 352 g/mol. The normalized spacial score (nSPS) is 10.3. The Kier molecular flexibility index (Phi) is 4.93. The first-order chi connectivity index (χ1) is 12.6. The highest BCUT2D eigenvalue weighted by Crippen LogP contribution is 2.23. The lowest BCUT2D eigenvalue weighted by Crippen LogP contribution is -2.09. The minimum Gasteiger partial charge on any atom is -0.457 e. The molecule has 3 aromatic rings. The third-order valence-electron chi connectivity index (χ3n) is 3.78. The molecule has 1 aromatic heterocycles. The van der Waals surface area contributed by atoms with Gasteiger partial charge in [-0.3, -0.25) is 10.1 Å². The maximum Gasteiger partial charge on any atom is 0.340 e. The van der Waals surface area contributed by atoms with Crippen LogP contribution in [-0.2, 0) is 11.3 Å². The molecule has 26 heavy (non-hydrogen) atoms. The van der Waals surface area contributed by atoms with Crippen LogP contribution in [0.1, 0.15) is 15.9 Å². The van der Waals surface area contributed by atoms with Gasteiger partial charge in [0.15, 0.2) is 0 Å². The van der Waals surface area contributed by atoms with E-state index in [4.69, 9.17) is 4.74 Å². The van der Waals surface area contributed by atoms with Gasteiger partial charge >= 0.3 is 5.97 Å². The van der Waals surface area contributed by atoms with E-state index < -0.39 is 10.9 Å². The average Bonchev–Trinajstić information content (AvgIpc) is 3.20. The molecule has 8 heteroatoms. The summed E-state index contributed by atoms with van der Waals surface area (Å²) in [7, 11) is 1.63. The first kappa shape index (κ1) is 17.2. The first-order valence-electron chi connectivity index (χ1n) is 7.81. The van der Waals surface area contributed by atoms with Gasteiger partial charge in [-0.2, -0.15) is 5.10 Å². The van der Waals surface area contributed by atoms with Crippen LogP contribution in [0.15, 0.2) is 60.9 Å². The maximum atomic E-state index is 12.3. The topological polar surface area (TPSA) is 99.3 Å². The number of hydrogen-bond acceptors (Lipinski definition) is 6. The molecule has 0 radical (unpaired) electrons. The van der Waals surface area contributed by atoms with E-state index in [1.54, 1.807) is 17.9 Å². The Hall–Kier alpha value is -3.68. The number of anilines is 1. The fourth-order valence-electron chi connectivity index (χ4n) is 2.43. The van der Waals surface area contributed by atoms with Crippen molar-refractivity contribution in [2.45, 2.75) is 6.61 Å². The zero-order chi connectivity index (χ0) is 18.5. The zero-order valence-corrected chi connectivity index (χ0v) is 14.0. The van der Waals surface area contributed by atoms with E-state index in [9.17, 15) is 14.9 Å². The average molecular weight is 352 g/mol. The molecular weight excluding hydrogens is 336 g/mol. The number of aromatic nitrogens is 2. The van der Waals surface area contributed by atoms with E-state index in [0.717, 1.165) is 11.3 Å². The van der Waals surface area contributed by atoms with Gasteiger partial charge in [-0.25, -0.2) is 9.48 Å². The number of nitro benzene ring substituents is 1. The number of benzene rings is 2. The van der Waals surface area contributed by atoms with Crippen LogP contribution in [0.4, 0.5) is 11.4 Å². The summed E-state index contributed by atoms with van der Waals surface area (Å²) >= 11 is 0. The highest BCUT2D eigenvalue weighted by Gasteiger charge is 2.17. The molecule has 0 aliphatic rings. The van der Waals surface area contributed by atoms with Gasteiger partial charge in [-0.1, -0.05) is 12.1 Å². The summed E-state index contributed by atoms with van der Waals surface area (Å²) in [5.74, 6) is -0.630. The molecule has 0 fully saturated rings. The lowest BCUT2D eigenvalue weighted by Gasteiger charge is -2.10. The van der Waals surface area contributed by atoms with Crippen LogP contribution in [-0.4, -0.2) is 27.7 Å². The smallest absolute Gasteiger partial charge is 0.340 e. The van der Waals surface area contributed by atoms with Crippen molar-refractivity contribution in [3.05, 3.63) is 82.2 Å². The van der Waals surface area contributed by atoms with Crippen molar-refractivity contribution < 1.29 is 14.5 Å². The number of hydrogen-bond donors (Lipinski definition) is 1. The van der Waals surface area contributed by atoms with Gasteiger partial charge < -0.3 is 10.1 Å². The van der Waals surface area contributed by atoms with Crippen molar-refractivity contribution in [3.63, 3.8) is 0 Å². The Labute approximate surface area is 149 Å². The summed E-state index contributed by atoms with van der Waals surface area (Å²) in [6.07, 6.45) is 3.52. The minimum absolute atomic E-state index is 0.0596. The number of nitro groups is 1. The van der Waals surface area contributed by atoms with Gasteiger partial charge in [0, 0.05) is 37.3 Å². The number of nitrogens with one attached hydrogen (secondary N) is 1. The molecule has 0 spiro atoms. The largest absolute Gasteiger partial charge is 0.457 e. The number of rotatable bonds is 6. The Morgan fingerprint density at radius 2 is 2.04 bits per heavy atom. The Morgan fingerprint density at radius 3 is 2.65 bits per heavy atom. The molecule has 3 rings (SSSR count). The van der Waals surface area contributed by atoms with Crippen molar-refractivity contribution in [3.8, 4) is 5.69 Å². The van der Waals surface area contributed by atoms with E-state index in [-0.39, 0.29) is 17.9 Å². The minimum atomic E-state index is -0.630. The van der Waals surface area contributed by atoms with Crippen LogP contribution in [0.2, 0.25) is 0 Å². The first-order valence-corrected chi connectivity index (χ1v) is 7.81. The van der Waals surface area contributed by atoms with Crippen LogP contribution in [0, 0.1) is 10.1 Å². The SMILES string of the molecule is CNc1ccc([N+](=O)[O-])cc1C(=O)OCc1ccc(-n2cccn2)cc1. The summed E-state index contributed by atoms with van der Waals surface area (Å²) in [5.41, 5.74) is 2.11. The zero-order valence-electron chi connectivity index (χ0n) is 14.0. The number of non-ortho nitro benzene ring substituents is 1. The molecular formula is C18H16N4O4. The van der Waals surface area contributed by atoms with Crippen LogP contribution < -0.4 is 5.32 Å². The summed E-state index contributed by atoms with van der Waals surface area (Å²) in [6, 6.07) is 13.2. The van der Waals surface area contributed by atoms with Crippen molar-refractivity contribution in [1.29, 1.82) is 0 Å². The van der Waals surface area contributed by atoms with Crippen LogP contribution in [0.5, 0.6) is 0 Å². The van der Waals surface area contributed by atoms with Crippen molar-refractivity contribution in [2.75, 3.05) is 12.4 Å². The lowest BCUT2D eigenvalue weighted by atomic mass is 10.1. The van der Waals surface area contributed by atoms with Gasteiger partial charge in [0.2, 0.25) is 0 Å². The van der Waals surface area contributed by atoms with Gasteiger partial charge in [0.1, 0.15) is 6.61 Å². The van der Waals surface area contributed by atoms with E-state index in [1.165, 1.54) is 18.2 Å². The van der Waals surface area contributed by atoms with Gasteiger partial charge in [-0.15, -0.1) is 0 Å². The molecule has 0 aliphatic carbocycles. The third kappa shape index (κ3) is 3.69. The maximum absolute atomic E-state index is 12.3. The number of carbonyl (C=O) groups is 1. The van der Waals surface area contributed by atoms with E-state index in [0.29, 0.717) is 5.69 Å². The second kappa shape index (κ2) is 7.47. The molecule has 0 amide bonds. The summed E-state index contributed by atoms with van der Waals surface area (Å²) < 4.78 is 7.02. The number of esters is 1. The molecule has 0 saturated carbocycles. The molecule has 0 aliphatic heterocycles. The molecule has 0 unspecified atom stereocenters. The van der Waals surface area contributed by atoms with Crippen molar-refractivity contribution in [2.24, 2.45) is 0 Å². The standard InChI is InChI=1S/C18H16N4O4/c1-19-17-8-7-15(22(24)25)11-16(17)18(23)26-12-13-3-5-14(6-4-13)21-10-2-9-20-21/h2-11,19H,12H2,1H3. The second-order valence-electron chi connectivity index (χ2n) is 5.43. The highest BCUT2D eigenvalue weighted by molar-refractivity contribution is 5.96. The van der Waals surface area contributed by atoms with Gasteiger partial charge in [0.05, 0.1) is 16.2 Å². The van der Waals surface area contributed by atoms with E-state index in [2.05, 4.69) is 10.4 Å². The Bertz CT molecular complexity index is 921. The number of nitrogens with zero attached hydrogens (tertiary/aromatic N) is 3. The fraction of sp³-hybridized carbons (Fsp3) is 0.111.